The molecule has 1 heterocycles. The largest absolute Gasteiger partial charge is 0.459 e. The number of benzene rings is 1. The molecule has 5 heteroatoms. The monoisotopic (exact) mass is 369 g/mol. The van der Waals surface area contributed by atoms with Crippen LogP contribution >= 0.6 is 11.3 Å². The molecular formula is C21H23NO3S. The maximum absolute atomic E-state index is 12.5. The number of hydrogen-bond donors (Lipinski definition) is 0. The summed E-state index contributed by atoms with van der Waals surface area (Å²) in [6, 6.07) is 8.25. The van der Waals surface area contributed by atoms with Crippen LogP contribution in [-0.4, -0.2) is 16.7 Å². The minimum absolute atomic E-state index is 0.0764. The average molecular weight is 369 g/mol. The number of esters is 1. The zero-order valence-corrected chi connectivity index (χ0v) is 15.8. The molecule has 1 aromatic heterocycles. The van der Waals surface area contributed by atoms with Crippen LogP contribution in [0, 0.1) is 24.7 Å². The van der Waals surface area contributed by atoms with E-state index in [0.29, 0.717) is 18.6 Å². The second-order valence-corrected chi connectivity index (χ2v) is 8.37. The molecule has 2 saturated carbocycles. The quantitative estimate of drug-likeness (QED) is 0.742. The van der Waals surface area contributed by atoms with Crippen molar-refractivity contribution in [2.75, 3.05) is 0 Å². The average Bonchev–Trinajstić information content (AvgIpc) is 3.09. The second kappa shape index (κ2) is 7.31. The van der Waals surface area contributed by atoms with Crippen molar-refractivity contribution in [3.05, 3.63) is 40.9 Å². The van der Waals surface area contributed by atoms with Gasteiger partial charge in [-0.1, -0.05) is 36.2 Å². The zero-order chi connectivity index (χ0) is 18.1. The zero-order valence-electron chi connectivity index (χ0n) is 14.9. The highest BCUT2D eigenvalue weighted by Gasteiger charge is 2.41. The SMILES string of the molecule is Cc1ccc(-c2nc(COC(=O)C3C[C@H]4CCC[C@@H](C3)C4=O)cs2)cc1. The first kappa shape index (κ1) is 17.4. The van der Waals surface area contributed by atoms with Crippen molar-refractivity contribution in [1.29, 1.82) is 0 Å². The number of ether oxygens (including phenoxy) is 1. The first-order valence-corrected chi connectivity index (χ1v) is 10.2. The van der Waals surface area contributed by atoms with Gasteiger partial charge in [0.05, 0.1) is 11.6 Å². The Balaban J connectivity index is 1.35. The number of aryl methyl sites for hydroxylation is 1. The van der Waals surface area contributed by atoms with Gasteiger partial charge in [0.2, 0.25) is 0 Å². The lowest BCUT2D eigenvalue weighted by molar-refractivity contribution is -0.154. The van der Waals surface area contributed by atoms with Gasteiger partial charge in [0.25, 0.3) is 0 Å². The molecule has 0 amide bonds. The van der Waals surface area contributed by atoms with E-state index in [2.05, 4.69) is 36.2 Å². The number of ketones is 1. The number of carbonyl (C=O) groups excluding carboxylic acids is 2. The second-order valence-electron chi connectivity index (χ2n) is 7.51. The number of hydrogen-bond acceptors (Lipinski definition) is 5. The van der Waals surface area contributed by atoms with Gasteiger partial charge in [-0.15, -0.1) is 11.3 Å². The lowest BCUT2D eigenvalue weighted by Gasteiger charge is -2.36. The summed E-state index contributed by atoms with van der Waals surface area (Å²) < 4.78 is 5.53. The molecule has 136 valence electrons. The Morgan fingerprint density at radius 2 is 1.88 bits per heavy atom. The number of rotatable bonds is 4. The molecule has 2 aliphatic carbocycles. The van der Waals surface area contributed by atoms with Gasteiger partial charge in [-0.2, -0.15) is 0 Å². The number of carbonyl (C=O) groups is 2. The number of nitrogens with zero attached hydrogens (tertiary/aromatic N) is 1. The van der Waals surface area contributed by atoms with E-state index < -0.39 is 0 Å². The molecule has 0 N–H and O–H groups in total. The van der Waals surface area contributed by atoms with Gasteiger partial charge < -0.3 is 4.74 Å². The van der Waals surface area contributed by atoms with Crippen LogP contribution in [0.2, 0.25) is 0 Å². The Bertz CT molecular complexity index is 795. The maximum Gasteiger partial charge on any atom is 0.309 e. The molecular weight excluding hydrogens is 346 g/mol. The van der Waals surface area contributed by atoms with Crippen molar-refractivity contribution < 1.29 is 14.3 Å². The lowest BCUT2D eigenvalue weighted by Crippen LogP contribution is -2.39. The molecule has 4 rings (SSSR count). The molecule has 0 radical (unpaired) electrons. The van der Waals surface area contributed by atoms with Gasteiger partial charge in [-0.25, -0.2) is 4.98 Å². The summed E-state index contributed by atoms with van der Waals surface area (Å²) in [7, 11) is 0. The van der Waals surface area contributed by atoms with E-state index in [1.165, 1.54) is 5.56 Å². The van der Waals surface area contributed by atoms with Crippen LogP contribution in [0.3, 0.4) is 0 Å². The summed E-state index contributed by atoms with van der Waals surface area (Å²) >= 11 is 1.56. The van der Waals surface area contributed by atoms with E-state index >= 15 is 0 Å². The molecule has 4 nitrogen and oxygen atoms in total. The van der Waals surface area contributed by atoms with Crippen LogP contribution in [-0.2, 0) is 20.9 Å². The standard InChI is InChI=1S/C21H23NO3S/c1-13-5-7-14(8-6-13)20-22-18(12-26-20)11-25-21(24)17-9-15-3-2-4-16(10-17)19(15)23/h5-8,12,15-17H,2-4,9-11H2,1H3/t15-,16+,17?. The Morgan fingerprint density at radius 3 is 2.58 bits per heavy atom. The fourth-order valence-corrected chi connectivity index (χ4v) is 4.95. The van der Waals surface area contributed by atoms with Gasteiger partial charge in [0.1, 0.15) is 17.4 Å². The Labute approximate surface area is 157 Å². The van der Waals surface area contributed by atoms with Crippen molar-refractivity contribution in [3.8, 4) is 10.6 Å². The molecule has 0 spiro atoms. The van der Waals surface area contributed by atoms with Gasteiger partial charge in [-0.05, 0) is 32.6 Å². The van der Waals surface area contributed by atoms with Crippen molar-refractivity contribution in [1.82, 2.24) is 4.98 Å². The van der Waals surface area contributed by atoms with E-state index in [1.54, 1.807) is 11.3 Å². The molecule has 0 aliphatic heterocycles. The van der Waals surface area contributed by atoms with E-state index in [4.69, 9.17) is 4.74 Å². The molecule has 2 fully saturated rings. The van der Waals surface area contributed by atoms with Crippen LogP contribution < -0.4 is 0 Å². The first-order chi connectivity index (χ1) is 12.6. The smallest absolute Gasteiger partial charge is 0.309 e. The summed E-state index contributed by atoms with van der Waals surface area (Å²) in [6.07, 6.45) is 4.32. The van der Waals surface area contributed by atoms with Crippen molar-refractivity contribution in [2.24, 2.45) is 17.8 Å². The summed E-state index contributed by atoms with van der Waals surface area (Å²) in [6.45, 7) is 2.27. The first-order valence-electron chi connectivity index (χ1n) is 9.32. The van der Waals surface area contributed by atoms with E-state index in [0.717, 1.165) is 35.5 Å². The fourth-order valence-electron chi connectivity index (χ4n) is 4.14. The number of Topliss-reactive ketones (excluding diaryl/α,β-unsaturated/α-hetero) is 1. The van der Waals surface area contributed by atoms with Gasteiger partial charge in [-0.3, -0.25) is 9.59 Å². The molecule has 1 aromatic carbocycles. The molecule has 26 heavy (non-hydrogen) atoms. The van der Waals surface area contributed by atoms with Crippen LogP contribution in [0.15, 0.2) is 29.6 Å². The Hall–Kier alpha value is -2.01. The van der Waals surface area contributed by atoms with Gasteiger partial charge in [0.15, 0.2) is 0 Å². The highest BCUT2D eigenvalue weighted by Crippen LogP contribution is 2.40. The summed E-state index contributed by atoms with van der Waals surface area (Å²) in [5.74, 6) is 0.236. The minimum atomic E-state index is -0.167. The molecule has 3 atom stereocenters. The third-order valence-electron chi connectivity index (χ3n) is 5.59. The highest BCUT2D eigenvalue weighted by molar-refractivity contribution is 7.13. The third-order valence-corrected chi connectivity index (χ3v) is 6.53. The number of aromatic nitrogens is 1. The van der Waals surface area contributed by atoms with Crippen molar-refractivity contribution in [2.45, 2.75) is 45.6 Å². The van der Waals surface area contributed by atoms with Crippen LogP contribution in [0.25, 0.3) is 10.6 Å². The maximum atomic E-state index is 12.5. The van der Waals surface area contributed by atoms with Gasteiger partial charge >= 0.3 is 5.97 Å². The van der Waals surface area contributed by atoms with Crippen LogP contribution in [0.4, 0.5) is 0 Å². The van der Waals surface area contributed by atoms with Crippen LogP contribution in [0.1, 0.15) is 43.4 Å². The summed E-state index contributed by atoms with van der Waals surface area (Å²) in [4.78, 5) is 29.2. The lowest BCUT2D eigenvalue weighted by atomic mass is 9.67. The predicted molar refractivity (Wildman–Crippen MR) is 101 cm³/mol. The summed E-state index contributed by atoms with van der Waals surface area (Å²) in [5.41, 5.74) is 3.08. The Morgan fingerprint density at radius 1 is 1.19 bits per heavy atom. The molecule has 0 saturated heterocycles. The molecule has 2 aliphatic rings. The molecule has 1 unspecified atom stereocenters. The topological polar surface area (TPSA) is 56.3 Å². The molecule has 2 aromatic rings. The third kappa shape index (κ3) is 3.58. The van der Waals surface area contributed by atoms with Gasteiger partial charge in [0, 0.05) is 22.8 Å². The fraction of sp³-hybridized carbons (Fsp3) is 0.476. The normalized spacial score (nSPS) is 25.1. The van der Waals surface area contributed by atoms with E-state index in [9.17, 15) is 9.59 Å². The number of fused-ring (bicyclic) bond motifs is 2. The summed E-state index contributed by atoms with van der Waals surface area (Å²) in [5, 5.41) is 2.88. The minimum Gasteiger partial charge on any atom is -0.459 e. The van der Waals surface area contributed by atoms with Crippen molar-refractivity contribution >= 4 is 23.1 Å². The highest BCUT2D eigenvalue weighted by atomic mass is 32.1. The van der Waals surface area contributed by atoms with E-state index in [1.807, 2.05) is 5.38 Å². The number of thiazole rings is 1. The van der Waals surface area contributed by atoms with E-state index in [-0.39, 0.29) is 30.3 Å². The van der Waals surface area contributed by atoms with Crippen molar-refractivity contribution in [3.63, 3.8) is 0 Å². The van der Waals surface area contributed by atoms with Crippen LogP contribution in [0.5, 0.6) is 0 Å². The predicted octanol–water partition coefficient (Wildman–Crippen LogP) is 4.56. The Kier molecular flexibility index (Phi) is 4.90. The molecule has 2 bridgehead atoms.